The molecule has 0 amide bonds. The van der Waals surface area contributed by atoms with Gasteiger partial charge in [0, 0.05) is 18.4 Å². The van der Waals surface area contributed by atoms with E-state index in [2.05, 4.69) is 12.3 Å². The topological polar surface area (TPSA) is 47.3 Å². The number of nitrogens with two attached hydrogens (primary N) is 1. The van der Waals surface area contributed by atoms with Crippen LogP contribution in [0.15, 0.2) is 0 Å². The highest BCUT2D eigenvalue weighted by Crippen LogP contribution is 2.41. The van der Waals surface area contributed by atoms with E-state index in [1.54, 1.807) is 0 Å². The van der Waals surface area contributed by atoms with E-state index in [9.17, 15) is 0 Å². The second-order valence-corrected chi connectivity index (χ2v) is 5.65. The van der Waals surface area contributed by atoms with Gasteiger partial charge in [-0.15, -0.1) is 0 Å². The molecule has 3 N–H and O–H groups in total. The maximum atomic E-state index is 5.96. The minimum atomic E-state index is 0.193. The molecule has 0 radical (unpaired) electrons. The molecule has 0 aromatic heterocycles. The van der Waals surface area contributed by atoms with E-state index in [1.165, 1.54) is 24.3 Å². The summed E-state index contributed by atoms with van der Waals surface area (Å²) in [7, 11) is 0. The van der Waals surface area contributed by atoms with Gasteiger partial charge in [-0.05, 0) is 37.9 Å². The van der Waals surface area contributed by atoms with E-state index in [4.69, 9.17) is 10.6 Å². The number of nitrogens with one attached hydrogen (secondary N) is 1. The average Bonchev–Trinajstić information content (AvgIpc) is 2.65. The van der Waals surface area contributed by atoms with Crippen molar-refractivity contribution in [1.29, 1.82) is 0 Å². The van der Waals surface area contributed by atoms with Gasteiger partial charge in [-0.25, -0.2) is 0 Å². The normalized spacial score (nSPS) is 40.3. The molecule has 0 aliphatic carbocycles. The average molecular weight is 216 g/mol. The predicted octanol–water partition coefficient (Wildman–Crippen LogP) is 1.14. The molecule has 0 saturated carbocycles. The molecule has 2 heterocycles. The zero-order valence-corrected chi connectivity index (χ0v) is 9.61. The second-order valence-electron chi connectivity index (χ2n) is 4.54. The van der Waals surface area contributed by atoms with Gasteiger partial charge in [0.15, 0.2) is 0 Å². The molecule has 2 saturated heterocycles. The molecule has 3 atom stereocenters. The number of hydrogen-bond acceptors (Lipinski definition) is 4. The summed E-state index contributed by atoms with van der Waals surface area (Å²) >= 11 is 2.02. The maximum Gasteiger partial charge on any atom is 0.0783 e. The minimum absolute atomic E-state index is 0.193. The first-order chi connectivity index (χ1) is 6.76. The SMILES string of the molecule is CC(NN)C1CCOC2(CCSC2)C1. The van der Waals surface area contributed by atoms with Crippen LogP contribution in [0.2, 0.25) is 0 Å². The summed E-state index contributed by atoms with van der Waals surface area (Å²) in [4.78, 5) is 0. The van der Waals surface area contributed by atoms with E-state index in [0.29, 0.717) is 12.0 Å². The lowest BCUT2D eigenvalue weighted by Gasteiger charge is -2.39. The van der Waals surface area contributed by atoms with Gasteiger partial charge in [0.2, 0.25) is 0 Å². The third-order valence-corrected chi connectivity index (χ3v) is 4.79. The maximum absolute atomic E-state index is 5.96. The van der Waals surface area contributed by atoms with Gasteiger partial charge in [-0.3, -0.25) is 11.3 Å². The third kappa shape index (κ3) is 2.08. The van der Waals surface area contributed by atoms with Gasteiger partial charge in [0.1, 0.15) is 0 Å². The van der Waals surface area contributed by atoms with E-state index < -0.39 is 0 Å². The van der Waals surface area contributed by atoms with Crippen molar-refractivity contribution >= 4 is 11.8 Å². The Morgan fingerprint density at radius 3 is 3.14 bits per heavy atom. The van der Waals surface area contributed by atoms with Crippen molar-refractivity contribution in [3.63, 3.8) is 0 Å². The molecule has 4 heteroatoms. The Labute approximate surface area is 90.1 Å². The van der Waals surface area contributed by atoms with E-state index in [1.807, 2.05) is 11.8 Å². The van der Waals surface area contributed by atoms with E-state index in [-0.39, 0.29) is 5.60 Å². The molecule has 2 aliphatic heterocycles. The molecule has 0 aromatic carbocycles. The summed E-state index contributed by atoms with van der Waals surface area (Å²) in [5.41, 5.74) is 3.07. The van der Waals surface area contributed by atoms with Crippen molar-refractivity contribution in [3.05, 3.63) is 0 Å². The van der Waals surface area contributed by atoms with Gasteiger partial charge in [-0.1, -0.05) is 0 Å². The van der Waals surface area contributed by atoms with E-state index >= 15 is 0 Å². The van der Waals surface area contributed by atoms with Gasteiger partial charge in [0.25, 0.3) is 0 Å². The molecular weight excluding hydrogens is 196 g/mol. The molecule has 2 aliphatic rings. The first-order valence-corrected chi connectivity index (χ1v) is 6.59. The molecule has 3 unspecified atom stereocenters. The molecule has 0 bridgehead atoms. The van der Waals surface area contributed by atoms with Crippen LogP contribution in [0.25, 0.3) is 0 Å². The van der Waals surface area contributed by atoms with Gasteiger partial charge < -0.3 is 4.74 Å². The molecule has 1 spiro atoms. The van der Waals surface area contributed by atoms with Crippen LogP contribution >= 0.6 is 11.8 Å². The first-order valence-electron chi connectivity index (χ1n) is 5.44. The Morgan fingerprint density at radius 1 is 1.64 bits per heavy atom. The zero-order valence-electron chi connectivity index (χ0n) is 8.79. The van der Waals surface area contributed by atoms with Gasteiger partial charge >= 0.3 is 0 Å². The summed E-state index contributed by atoms with van der Waals surface area (Å²) in [5.74, 6) is 8.62. The van der Waals surface area contributed by atoms with Crippen molar-refractivity contribution in [3.8, 4) is 0 Å². The van der Waals surface area contributed by atoms with E-state index in [0.717, 1.165) is 13.0 Å². The lowest BCUT2D eigenvalue weighted by Crippen LogP contribution is -2.47. The Kier molecular flexibility index (Phi) is 3.37. The minimum Gasteiger partial charge on any atom is -0.374 e. The summed E-state index contributed by atoms with van der Waals surface area (Å²) in [5, 5.41) is 0. The molecule has 0 aromatic rings. The summed E-state index contributed by atoms with van der Waals surface area (Å²) in [6, 6.07) is 0.418. The molecular formula is C10H20N2OS. The second kappa shape index (κ2) is 4.39. The third-order valence-electron chi connectivity index (χ3n) is 3.57. The standard InChI is InChI=1S/C10H20N2OS/c1-8(12-11)9-2-4-13-10(6-9)3-5-14-7-10/h8-9,12H,2-7,11H2,1H3. The summed E-state index contributed by atoms with van der Waals surface area (Å²) < 4.78 is 5.96. The number of hydrogen-bond donors (Lipinski definition) is 2. The summed E-state index contributed by atoms with van der Waals surface area (Å²) in [6.45, 7) is 3.09. The fourth-order valence-corrected chi connectivity index (χ4v) is 3.87. The zero-order chi connectivity index (χ0) is 10.0. The van der Waals surface area contributed by atoms with Crippen molar-refractivity contribution in [1.82, 2.24) is 5.43 Å². The molecule has 3 nitrogen and oxygen atoms in total. The quantitative estimate of drug-likeness (QED) is 0.537. The smallest absolute Gasteiger partial charge is 0.0783 e. The van der Waals surface area contributed by atoms with Crippen LogP contribution in [0.1, 0.15) is 26.2 Å². The Hall–Kier alpha value is 0.230. The molecule has 2 fully saturated rings. The van der Waals surface area contributed by atoms with Crippen molar-refractivity contribution in [2.75, 3.05) is 18.1 Å². The predicted molar refractivity (Wildman–Crippen MR) is 60.1 cm³/mol. The number of ether oxygens (including phenoxy) is 1. The van der Waals surface area contributed by atoms with Crippen molar-refractivity contribution in [2.45, 2.75) is 37.8 Å². The number of thioether (sulfide) groups is 1. The van der Waals surface area contributed by atoms with Crippen LogP contribution in [-0.2, 0) is 4.74 Å². The summed E-state index contributed by atoms with van der Waals surface area (Å²) in [6.07, 6.45) is 3.56. The Balaban J connectivity index is 1.96. The molecule has 82 valence electrons. The monoisotopic (exact) mass is 216 g/mol. The number of hydrazine groups is 1. The fourth-order valence-electron chi connectivity index (χ4n) is 2.49. The fraction of sp³-hybridized carbons (Fsp3) is 1.00. The highest BCUT2D eigenvalue weighted by molar-refractivity contribution is 7.99. The van der Waals surface area contributed by atoms with Crippen LogP contribution in [-0.4, -0.2) is 29.8 Å². The van der Waals surface area contributed by atoms with Gasteiger partial charge in [-0.2, -0.15) is 11.8 Å². The van der Waals surface area contributed by atoms with Gasteiger partial charge in [0.05, 0.1) is 5.60 Å². The van der Waals surface area contributed by atoms with Crippen LogP contribution < -0.4 is 11.3 Å². The molecule has 2 rings (SSSR count). The molecule has 14 heavy (non-hydrogen) atoms. The van der Waals surface area contributed by atoms with Crippen LogP contribution in [0.5, 0.6) is 0 Å². The largest absolute Gasteiger partial charge is 0.374 e. The Bertz CT molecular complexity index is 195. The van der Waals surface area contributed by atoms with Crippen molar-refractivity contribution < 1.29 is 4.74 Å². The lowest BCUT2D eigenvalue weighted by molar-refractivity contribution is -0.0841. The number of rotatable bonds is 2. The Morgan fingerprint density at radius 2 is 2.50 bits per heavy atom. The van der Waals surface area contributed by atoms with Crippen LogP contribution in [0.3, 0.4) is 0 Å². The van der Waals surface area contributed by atoms with Crippen molar-refractivity contribution in [2.24, 2.45) is 11.8 Å². The van der Waals surface area contributed by atoms with Crippen LogP contribution in [0, 0.1) is 5.92 Å². The lowest BCUT2D eigenvalue weighted by atomic mass is 9.82. The first kappa shape index (κ1) is 10.7. The van der Waals surface area contributed by atoms with Crippen LogP contribution in [0.4, 0.5) is 0 Å². The highest BCUT2D eigenvalue weighted by atomic mass is 32.2. The highest BCUT2D eigenvalue weighted by Gasteiger charge is 2.41.